The largest absolute Gasteiger partial charge is 0.497 e. The van der Waals surface area contributed by atoms with Crippen LogP contribution in [0.2, 0.25) is 0 Å². The van der Waals surface area contributed by atoms with Crippen molar-refractivity contribution in [2.75, 3.05) is 13.7 Å². The summed E-state index contributed by atoms with van der Waals surface area (Å²) in [6.07, 6.45) is 0. The summed E-state index contributed by atoms with van der Waals surface area (Å²) in [5, 5.41) is 2.89. The van der Waals surface area contributed by atoms with Crippen LogP contribution in [-0.2, 0) is 13.2 Å². The SMILES string of the molecule is COc1ccc(C(=O)N(Cc2csc(COc3ccccc3)n2)CC(C)C)cc1. The first kappa shape index (κ1) is 20.9. The smallest absolute Gasteiger partial charge is 0.254 e. The molecule has 0 unspecified atom stereocenters. The van der Waals surface area contributed by atoms with E-state index >= 15 is 0 Å². The van der Waals surface area contributed by atoms with Crippen LogP contribution in [0.5, 0.6) is 11.5 Å². The van der Waals surface area contributed by atoms with E-state index in [0.717, 1.165) is 22.2 Å². The van der Waals surface area contributed by atoms with E-state index in [0.29, 0.717) is 31.2 Å². The summed E-state index contributed by atoms with van der Waals surface area (Å²) >= 11 is 1.55. The van der Waals surface area contributed by atoms with Gasteiger partial charge in [-0.05, 0) is 42.3 Å². The second-order valence-corrected chi connectivity index (χ2v) is 8.08. The van der Waals surface area contributed by atoms with Gasteiger partial charge in [-0.3, -0.25) is 4.79 Å². The van der Waals surface area contributed by atoms with Crippen molar-refractivity contribution in [3.05, 3.63) is 76.2 Å². The molecule has 1 heterocycles. The molecule has 29 heavy (non-hydrogen) atoms. The molecule has 3 aromatic rings. The van der Waals surface area contributed by atoms with Crippen LogP contribution in [0.25, 0.3) is 0 Å². The van der Waals surface area contributed by atoms with Gasteiger partial charge in [0.1, 0.15) is 23.1 Å². The summed E-state index contributed by atoms with van der Waals surface area (Å²) in [6.45, 7) is 5.78. The Morgan fingerprint density at radius 3 is 2.45 bits per heavy atom. The number of thiazole rings is 1. The van der Waals surface area contributed by atoms with E-state index in [-0.39, 0.29) is 5.91 Å². The Kier molecular flexibility index (Phi) is 7.25. The first-order valence-corrected chi connectivity index (χ1v) is 10.5. The summed E-state index contributed by atoms with van der Waals surface area (Å²) in [6, 6.07) is 16.9. The van der Waals surface area contributed by atoms with Gasteiger partial charge in [-0.25, -0.2) is 4.98 Å². The summed E-state index contributed by atoms with van der Waals surface area (Å²) in [4.78, 5) is 19.5. The van der Waals surface area contributed by atoms with Gasteiger partial charge in [0.15, 0.2) is 0 Å². The Hall–Kier alpha value is -2.86. The van der Waals surface area contributed by atoms with Crippen molar-refractivity contribution in [1.82, 2.24) is 9.88 Å². The normalized spacial score (nSPS) is 10.8. The molecule has 0 aliphatic heterocycles. The lowest BCUT2D eigenvalue weighted by Gasteiger charge is -2.24. The van der Waals surface area contributed by atoms with Crippen molar-refractivity contribution < 1.29 is 14.3 Å². The van der Waals surface area contributed by atoms with E-state index in [1.54, 1.807) is 30.6 Å². The van der Waals surface area contributed by atoms with Crippen LogP contribution >= 0.6 is 11.3 Å². The molecule has 1 amide bonds. The molecule has 0 aliphatic carbocycles. The fourth-order valence-corrected chi connectivity index (χ4v) is 3.62. The molecule has 0 saturated carbocycles. The monoisotopic (exact) mass is 410 g/mol. The van der Waals surface area contributed by atoms with E-state index < -0.39 is 0 Å². The molecule has 3 rings (SSSR count). The topological polar surface area (TPSA) is 51.7 Å². The highest BCUT2D eigenvalue weighted by Gasteiger charge is 2.19. The molecule has 0 atom stereocenters. The molecule has 0 spiro atoms. The van der Waals surface area contributed by atoms with Crippen LogP contribution < -0.4 is 9.47 Å². The van der Waals surface area contributed by atoms with Crippen molar-refractivity contribution in [2.45, 2.75) is 27.0 Å². The van der Waals surface area contributed by atoms with Gasteiger partial charge in [0, 0.05) is 17.5 Å². The summed E-state index contributed by atoms with van der Waals surface area (Å²) in [7, 11) is 1.61. The van der Waals surface area contributed by atoms with Gasteiger partial charge < -0.3 is 14.4 Å². The first-order valence-electron chi connectivity index (χ1n) is 9.59. The Morgan fingerprint density at radius 1 is 1.07 bits per heavy atom. The lowest BCUT2D eigenvalue weighted by atomic mass is 10.1. The predicted molar refractivity (Wildman–Crippen MR) is 115 cm³/mol. The zero-order valence-corrected chi connectivity index (χ0v) is 17.8. The molecule has 0 radical (unpaired) electrons. The maximum Gasteiger partial charge on any atom is 0.254 e. The highest BCUT2D eigenvalue weighted by molar-refractivity contribution is 7.09. The number of methoxy groups -OCH3 is 1. The van der Waals surface area contributed by atoms with Crippen LogP contribution in [0.3, 0.4) is 0 Å². The maximum atomic E-state index is 13.0. The van der Waals surface area contributed by atoms with E-state index in [2.05, 4.69) is 18.8 Å². The van der Waals surface area contributed by atoms with E-state index in [1.807, 2.05) is 52.7 Å². The Labute approximate surface area is 175 Å². The third-order valence-corrected chi connectivity index (χ3v) is 5.14. The van der Waals surface area contributed by atoms with Gasteiger partial charge in [0.2, 0.25) is 0 Å². The number of amides is 1. The number of benzene rings is 2. The minimum absolute atomic E-state index is 0.00330. The molecule has 6 heteroatoms. The number of carbonyl (C=O) groups is 1. The zero-order valence-electron chi connectivity index (χ0n) is 17.0. The second-order valence-electron chi connectivity index (χ2n) is 7.14. The zero-order chi connectivity index (χ0) is 20.6. The fourth-order valence-electron chi connectivity index (χ4n) is 2.92. The Balaban J connectivity index is 1.66. The summed E-state index contributed by atoms with van der Waals surface area (Å²) in [5.41, 5.74) is 1.53. The van der Waals surface area contributed by atoms with Gasteiger partial charge >= 0.3 is 0 Å². The first-order chi connectivity index (χ1) is 14.0. The lowest BCUT2D eigenvalue weighted by molar-refractivity contribution is 0.0720. The Morgan fingerprint density at radius 2 is 1.79 bits per heavy atom. The van der Waals surface area contributed by atoms with Crippen molar-refractivity contribution in [1.29, 1.82) is 0 Å². The molecule has 0 N–H and O–H groups in total. The molecule has 1 aromatic heterocycles. The van der Waals surface area contributed by atoms with E-state index in [9.17, 15) is 4.79 Å². The van der Waals surface area contributed by atoms with E-state index in [1.165, 1.54) is 0 Å². The second kappa shape index (κ2) is 10.1. The van der Waals surface area contributed by atoms with Crippen molar-refractivity contribution in [3.63, 3.8) is 0 Å². The molecule has 5 nitrogen and oxygen atoms in total. The van der Waals surface area contributed by atoms with E-state index in [4.69, 9.17) is 9.47 Å². The van der Waals surface area contributed by atoms with Crippen LogP contribution in [0.15, 0.2) is 60.0 Å². The van der Waals surface area contributed by atoms with Gasteiger partial charge in [0.05, 0.1) is 19.3 Å². The number of rotatable bonds is 9. The van der Waals surface area contributed by atoms with Crippen LogP contribution in [0.1, 0.15) is 34.9 Å². The molecular formula is C23H26N2O3S. The van der Waals surface area contributed by atoms with Crippen molar-refractivity contribution in [2.24, 2.45) is 5.92 Å². The van der Waals surface area contributed by atoms with Crippen molar-refractivity contribution >= 4 is 17.2 Å². The Bertz CT molecular complexity index is 907. The maximum absolute atomic E-state index is 13.0. The number of carbonyl (C=O) groups excluding carboxylic acids is 1. The highest BCUT2D eigenvalue weighted by Crippen LogP contribution is 2.19. The number of aromatic nitrogens is 1. The van der Waals surface area contributed by atoms with Crippen LogP contribution in [0, 0.1) is 5.92 Å². The predicted octanol–water partition coefficient (Wildman–Crippen LogP) is 5.03. The molecule has 0 fully saturated rings. The standard InChI is InChI=1S/C23H26N2O3S/c1-17(2)13-25(23(26)18-9-11-20(27-3)12-10-18)14-19-16-29-22(24-19)15-28-21-7-5-4-6-8-21/h4-12,16-17H,13-15H2,1-3H3. The number of para-hydroxylation sites is 1. The van der Waals surface area contributed by atoms with Gasteiger partial charge in [-0.2, -0.15) is 0 Å². The average molecular weight is 411 g/mol. The third kappa shape index (κ3) is 6.06. The fraction of sp³-hybridized carbons (Fsp3) is 0.304. The number of hydrogen-bond acceptors (Lipinski definition) is 5. The van der Waals surface area contributed by atoms with Gasteiger partial charge in [0.25, 0.3) is 5.91 Å². The van der Waals surface area contributed by atoms with Crippen LogP contribution in [0.4, 0.5) is 0 Å². The molecule has 0 saturated heterocycles. The van der Waals surface area contributed by atoms with Gasteiger partial charge in [-0.1, -0.05) is 32.0 Å². The molecular weight excluding hydrogens is 384 g/mol. The van der Waals surface area contributed by atoms with Gasteiger partial charge in [-0.15, -0.1) is 11.3 Å². The summed E-state index contributed by atoms with van der Waals surface area (Å²) < 4.78 is 11.0. The van der Waals surface area contributed by atoms with Crippen molar-refractivity contribution in [3.8, 4) is 11.5 Å². The minimum atomic E-state index is -0.00330. The quantitative estimate of drug-likeness (QED) is 0.496. The average Bonchev–Trinajstić information content (AvgIpc) is 3.19. The molecule has 152 valence electrons. The number of ether oxygens (including phenoxy) is 2. The minimum Gasteiger partial charge on any atom is -0.497 e. The molecule has 0 aliphatic rings. The lowest BCUT2D eigenvalue weighted by Crippen LogP contribution is -2.33. The summed E-state index contributed by atoms with van der Waals surface area (Å²) in [5.74, 6) is 1.91. The number of nitrogens with zero attached hydrogens (tertiary/aromatic N) is 2. The third-order valence-electron chi connectivity index (χ3n) is 4.27. The molecule has 0 bridgehead atoms. The molecule has 2 aromatic carbocycles. The van der Waals surface area contributed by atoms with Crippen LogP contribution in [-0.4, -0.2) is 29.4 Å². The number of hydrogen-bond donors (Lipinski definition) is 0. The highest BCUT2D eigenvalue weighted by atomic mass is 32.1.